The number of nitrogens with one attached hydrogen (secondary N) is 1. The lowest BCUT2D eigenvalue weighted by atomic mass is 10.3. The quantitative estimate of drug-likeness (QED) is 0.761. The summed E-state index contributed by atoms with van der Waals surface area (Å²) in [5, 5.41) is 8.58. The molecular weight excluding hydrogens is 323 g/mol. The first-order valence-corrected chi connectivity index (χ1v) is 8.30. The molecule has 0 atom stereocenters. The maximum absolute atomic E-state index is 13.1. The van der Waals surface area contributed by atoms with Crippen LogP contribution in [0.1, 0.15) is 0 Å². The highest BCUT2D eigenvalue weighted by atomic mass is 19.1. The number of rotatable bonds is 5. The van der Waals surface area contributed by atoms with Crippen LogP contribution in [-0.2, 0) is 4.74 Å². The number of benzene rings is 1. The number of aromatic nitrogens is 4. The molecule has 0 radical (unpaired) electrons. The summed E-state index contributed by atoms with van der Waals surface area (Å²) in [6.07, 6.45) is 3.25. The second-order valence-electron chi connectivity index (χ2n) is 5.87. The van der Waals surface area contributed by atoms with Gasteiger partial charge in [-0.25, -0.2) is 19.0 Å². The van der Waals surface area contributed by atoms with Gasteiger partial charge in [-0.1, -0.05) is 0 Å². The van der Waals surface area contributed by atoms with Crippen molar-refractivity contribution in [1.82, 2.24) is 24.6 Å². The second-order valence-corrected chi connectivity index (χ2v) is 5.87. The van der Waals surface area contributed by atoms with Crippen LogP contribution in [0, 0.1) is 5.82 Å². The molecule has 0 saturated carbocycles. The van der Waals surface area contributed by atoms with E-state index in [1.807, 2.05) is 0 Å². The molecule has 1 fully saturated rings. The van der Waals surface area contributed by atoms with Gasteiger partial charge in [0, 0.05) is 26.2 Å². The SMILES string of the molecule is Fc1ccc(-n2ncc3c(NCCN4CCOCC4)ncnc32)cc1. The molecule has 3 aromatic rings. The lowest BCUT2D eigenvalue weighted by Crippen LogP contribution is -2.39. The van der Waals surface area contributed by atoms with E-state index in [0.717, 1.165) is 56.3 Å². The molecule has 1 aromatic carbocycles. The van der Waals surface area contributed by atoms with Gasteiger partial charge in [-0.2, -0.15) is 5.10 Å². The third-order valence-corrected chi connectivity index (χ3v) is 4.26. The van der Waals surface area contributed by atoms with Crippen molar-refractivity contribution in [2.24, 2.45) is 0 Å². The average molecular weight is 342 g/mol. The van der Waals surface area contributed by atoms with Crippen molar-refractivity contribution in [3.63, 3.8) is 0 Å². The summed E-state index contributed by atoms with van der Waals surface area (Å²) in [5.74, 6) is 0.479. The summed E-state index contributed by atoms with van der Waals surface area (Å²) in [6, 6.07) is 6.17. The van der Waals surface area contributed by atoms with E-state index >= 15 is 0 Å². The monoisotopic (exact) mass is 342 g/mol. The summed E-state index contributed by atoms with van der Waals surface area (Å²) in [4.78, 5) is 11.0. The Bertz CT molecular complexity index is 844. The second kappa shape index (κ2) is 7.12. The van der Waals surface area contributed by atoms with E-state index in [4.69, 9.17) is 4.74 Å². The van der Waals surface area contributed by atoms with E-state index in [0.29, 0.717) is 5.65 Å². The molecule has 1 N–H and O–H groups in total. The summed E-state index contributed by atoms with van der Waals surface area (Å²) >= 11 is 0. The fraction of sp³-hybridized carbons (Fsp3) is 0.353. The van der Waals surface area contributed by atoms with E-state index < -0.39 is 0 Å². The van der Waals surface area contributed by atoms with Gasteiger partial charge in [0.15, 0.2) is 5.65 Å². The lowest BCUT2D eigenvalue weighted by Gasteiger charge is -2.26. The van der Waals surface area contributed by atoms with Gasteiger partial charge in [0.1, 0.15) is 18.0 Å². The normalized spacial score (nSPS) is 15.6. The first-order chi connectivity index (χ1) is 12.3. The molecule has 0 amide bonds. The van der Waals surface area contributed by atoms with Crippen molar-refractivity contribution in [3.8, 4) is 5.69 Å². The van der Waals surface area contributed by atoms with E-state index in [2.05, 4.69) is 25.3 Å². The van der Waals surface area contributed by atoms with Gasteiger partial charge in [-0.3, -0.25) is 4.90 Å². The molecule has 2 aromatic heterocycles. The standard InChI is InChI=1S/C17H19FN6O/c18-13-1-3-14(4-2-13)24-17-15(11-22-24)16(20-12-21-17)19-5-6-23-7-9-25-10-8-23/h1-4,11-12H,5-10H2,(H,19,20,21). The highest BCUT2D eigenvalue weighted by Crippen LogP contribution is 2.21. The Morgan fingerprint density at radius 1 is 1.12 bits per heavy atom. The minimum absolute atomic E-state index is 0.277. The molecule has 4 rings (SSSR count). The van der Waals surface area contributed by atoms with Crippen molar-refractivity contribution in [3.05, 3.63) is 42.6 Å². The molecule has 7 nitrogen and oxygen atoms in total. The topological polar surface area (TPSA) is 68.1 Å². The Morgan fingerprint density at radius 2 is 1.92 bits per heavy atom. The molecule has 1 aliphatic rings. The van der Waals surface area contributed by atoms with E-state index in [9.17, 15) is 4.39 Å². The number of fused-ring (bicyclic) bond motifs is 1. The number of nitrogens with zero attached hydrogens (tertiary/aromatic N) is 5. The van der Waals surface area contributed by atoms with Gasteiger partial charge < -0.3 is 10.1 Å². The van der Waals surface area contributed by atoms with Gasteiger partial charge in [0.05, 0.1) is 30.5 Å². The number of halogens is 1. The number of anilines is 1. The van der Waals surface area contributed by atoms with Crippen molar-refractivity contribution in [2.45, 2.75) is 0 Å². The van der Waals surface area contributed by atoms with E-state index in [-0.39, 0.29) is 5.82 Å². The van der Waals surface area contributed by atoms with Crippen molar-refractivity contribution >= 4 is 16.9 Å². The van der Waals surface area contributed by atoms with Crippen LogP contribution in [0.2, 0.25) is 0 Å². The van der Waals surface area contributed by atoms with E-state index in [1.54, 1.807) is 23.0 Å². The molecule has 0 aliphatic carbocycles. The third-order valence-electron chi connectivity index (χ3n) is 4.26. The summed E-state index contributed by atoms with van der Waals surface area (Å²) in [5.41, 5.74) is 1.45. The van der Waals surface area contributed by atoms with Crippen LogP contribution in [-0.4, -0.2) is 64.0 Å². The predicted octanol–water partition coefficient (Wildman–Crippen LogP) is 1.70. The molecule has 25 heavy (non-hydrogen) atoms. The van der Waals surface area contributed by atoms with Gasteiger partial charge in [0.25, 0.3) is 0 Å². The molecular formula is C17H19FN6O. The molecule has 130 valence electrons. The Morgan fingerprint density at radius 3 is 2.72 bits per heavy atom. The fourth-order valence-corrected chi connectivity index (χ4v) is 2.91. The molecule has 0 unspecified atom stereocenters. The highest BCUT2D eigenvalue weighted by molar-refractivity contribution is 5.87. The Balaban J connectivity index is 1.51. The van der Waals surface area contributed by atoms with Crippen molar-refractivity contribution in [2.75, 3.05) is 44.7 Å². The predicted molar refractivity (Wildman–Crippen MR) is 92.4 cm³/mol. The minimum atomic E-state index is -0.277. The van der Waals surface area contributed by atoms with Crippen molar-refractivity contribution in [1.29, 1.82) is 0 Å². The smallest absolute Gasteiger partial charge is 0.168 e. The van der Waals surface area contributed by atoms with Gasteiger partial charge >= 0.3 is 0 Å². The number of hydrogen-bond acceptors (Lipinski definition) is 6. The van der Waals surface area contributed by atoms with Crippen LogP contribution >= 0.6 is 0 Å². The zero-order chi connectivity index (χ0) is 17.1. The average Bonchev–Trinajstić information content (AvgIpc) is 3.08. The maximum atomic E-state index is 13.1. The van der Waals surface area contributed by atoms with Crippen LogP contribution in [0.15, 0.2) is 36.8 Å². The van der Waals surface area contributed by atoms with E-state index in [1.165, 1.54) is 18.5 Å². The highest BCUT2D eigenvalue weighted by Gasteiger charge is 2.13. The summed E-state index contributed by atoms with van der Waals surface area (Å²) < 4.78 is 20.2. The largest absolute Gasteiger partial charge is 0.379 e. The van der Waals surface area contributed by atoms with Crippen LogP contribution in [0.5, 0.6) is 0 Å². The van der Waals surface area contributed by atoms with Crippen LogP contribution < -0.4 is 5.32 Å². The number of hydrogen-bond donors (Lipinski definition) is 1. The van der Waals surface area contributed by atoms with Gasteiger partial charge in [0.2, 0.25) is 0 Å². The summed E-state index contributed by atoms with van der Waals surface area (Å²) in [6.45, 7) is 5.23. The maximum Gasteiger partial charge on any atom is 0.168 e. The molecule has 0 bridgehead atoms. The molecule has 3 heterocycles. The summed E-state index contributed by atoms with van der Waals surface area (Å²) in [7, 11) is 0. The fourth-order valence-electron chi connectivity index (χ4n) is 2.91. The molecule has 1 saturated heterocycles. The Hall–Kier alpha value is -2.58. The van der Waals surface area contributed by atoms with Crippen molar-refractivity contribution < 1.29 is 9.13 Å². The number of morpholine rings is 1. The van der Waals surface area contributed by atoms with Crippen LogP contribution in [0.3, 0.4) is 0 Å². The third kappa shape index (κ3) is 3.45. The first kappa shape index (κ1) is 15.9. The minimum Gasteiger partial charge on any atom is -0.379 e. The Labute approximate surface area is 144 Å². The van der Waals surface area contributed by atoms with Gasteiger partial charge in [-0.05, 0) is 24.3 Å². The number of ether oxygens (including phenoxy) is 1. The first-order valence-electron chi connectivity index (χ1n) is 8.30. The zero-order valence-electron chi connectivity index (χ0n) is 13.7. The zero-order valence-corrected chi connectivity index (χ0v) is 13.7. The van der Waals surface area contributed by atoms with Crippen LogP contribution in [0.25, 0.3) is 16.7 Å². The molecule has 1 aliphatic heterocycles. The van der Waals surface area contributed by atoms with Gasteiger partial charge in [-0.15, -0.1) is 0 Å². The molecule has 8 heteroatoms. The molecule has 0 spiro atoms. The lowest BCUT2D eigenvalue weighted by molar-refractivity contribution is 0.0398. The van der Waals surface area contributed by atoms with Crippen LogP contribution in [0.4, 0.5) is 10.2 Å². The Kier molecular flexibility index (Phi) is 4.53.